The van der Waals surface area contributed by atoms with Gasteiger partial charge in [0.15, 0.2) is 5.82 Å². The summed E-state index contributed by atoms with van der Waals surface area (Å²) in [6.07, 6.45) is 2.42. The van der Waals surface area contributed by atoms with E-state index in [1.54, 1.807) is 17.8 Å². The number of hydrogen-bond donors (Lipinski definition) is 1. The fourth-order valence-electron chi connectivity index (χ4n) is 1.83. The summed E-state index contributed by atoms with van der Waals surface area (Å²) in [6.45, 7) is 6.04. The van der Waals surface area contributed by atoms with Crippen molar-refractivity contribution in [2.45, 2.75) is 39.5 Å². The van der Waals surface area contributed by atoms with E-state index in [4.69, 9.17) is 0 Å². The van der Waals surface area contributed by atoms with Crippen LogP contribution in [0.3, 0.4) is 0 Å². The lowest BCUT2D eigenvalue weighted by Gasteiger charge is -2.04. The Balaban J connectivity index is 2.04. The SMILES string of the molecule is CCc1cc(NC(=O)Cc2nc(C(C)C)nn2C)ncn1. The number of nitrogens with one attached hydrogen (secondary N) is 1. The molecule has 0 unspecified atom stereocenters. The van der Waals surface area contributed by atoms with Crippen molar-refractivity contribution in [2.24, 2.45) is 7.05 Å². The van der Waals surface area contributed by atoms with Gasteiger partial charge in [-0.1, -0.05) is 20.8 Å². The van der Waals surface area contributed by atoms with Crippen LogP contribution in [-0.2, 0) is 24.7 Å². The van der Waals surface area contributed by atoms with Crippen LogP contribution in [0.15, 0.2) is 12.4 Å². The second kappa shape index (κ2) is 6.43. The number of anilines is 1. The fraction of sp³-hybridized carbons (Fsp3) is 0.500. The van der Waals surface area contributed by atoms with Gasteiger partial charge >= 0.3 is 0 Å². The van der Waals surface area contributed by atoms with Crippen molar-refractivity contribution in [1.29, 1.82) is 0 Å². The molecule has 2 aromatic rings. The lowest BCUT2D eigenvalue weighted by atomic mass is 10.2. The zero-order chi connectivity index (χ0) is 15.4. The summed E-state index contributed by atoms with van der Waals surface area (Å²) in [5, 5.41) is 7.06. The van der Waals surface area contributed by atoms with Crippen molar-refractivity contribution in [3.05, 3.63) is 29.7 Å². The Hall–Kier alpha value is -2.31. The molecule has 0 radical (unpaired) electrons. The van der Waals surface area contributed by atoms with Crippen molar-refractivity contribution in [3.63, 3.8) is 0 Å². The summed E-state index contributed by atoms with van der Waals surface area (Å²) in [7, 11) is 1.79. The molecule has 0 bridgehead atoms. The summed E-state index contributed by atoms with van der Waals surface area (Å²) in [5.41, 5.74) is 0.890. The standard InChI is InChI=1S/C14H20N6O/c1-5-10-6-11(16-8-15-10)17-13(21)7-12-18-14(9(2)3)19-20(12)4/h6,8-9H,5,7H2,1-4H3,(H,15,16,17,21). The quantitative estimate of drug-likeness (QED) is 0.900. The highest BCUT2D eigenvalue weighted by Gasteiger charge is 2.14. The zero-order valence-corrected chi connectivity index (χ0v) is 12.8. The van der Waals surface area contributed by atoms with Crippen molar-refractivity contribution >= 4 is 11.7 Å². The van der Waals surface area contributed by atoms with Crippen LogP contribution < -0.4 is 5.32 Å². The molecule has 7 nitrogen and oxygen atoms in total. The highest BCUT2D eigenvalue weighted by Crippen LogP contribution is 2.10. The highest BCUT2D eigenvalue weighted by atomic mass is 16.1. The molecule has 1 amide bonds. The molecule has 0 fully saturated rings. The summed E-state index contributed by atoms with van der Waals surface area (Å²) in [4.78, 5) is 24.6. The van der Waals surface area contributed by atoms with Crippen LogP contribution in [0.2, 0.25) is 0 Å². The molecule has 0 saturated carbocycles. The molecular formula is C14H20N6O. The molecule has 0 aliphatic heterocycles. The Labute approximate surface area is 123 Å². The molecule has 21 heavy (non-hydrogen) atoms. The normalized spacial score (nSPS) is 10.9. The van der Waals surface area contributed by atoms with E-state index in [0.717, 1.165) is 17.9 Å². The Bertz CT molecular complexity index is 634. The smallest absolute Gasteiger partial charge is 0.233 e. The first-order valence-electron chi connectivity index (χ1n) is 7.00. The maximum Gasteiger partial charge on any atom is 0.233 e. The molecule has 2 aromatic heterocycles. The first-order chi connectivity index (χ1) is 9.99. The number of carbonyl (C=O) groups excluding carboxylic acids is 1. The molecule has 0 aliphatic carbocycles. The number of rotatable bonds is 5. The summed E-state index contributed by atoms with van der Waals surface area (Å²) < 4.78 is 1.65. The van der Waals surface area contributed by atoms with Gasteiger partial charge in [-0.05, 0) is 6.42 Å². The fourth-order valence-corrected chi connectivity index (χ4v) is 1.83. The van der Waals surface area contributed by atoms with E-state index in [1.807, 2.05) is 20.8 Å². The molecule has 7 heteroatoms. The second-order valence-electron chi connectivity index (χ2n) is 5.14. The minimum atomic E-state index is -0.165. The third-order valence-electron chi connectivity index (χ3n) is 3.06. The lowest BCUT2D eigenvalue weighted by molar-refractivity contribution is -0.115. The van der Waals surface area contributed by atoms with E-state index in [-0.39, 0.29) is 18.2 Å². The summed E-state index contributed by atoms with van der Waals surface area (Å²) in [5.74, 6) is 1.97. The van der Waals surface area contributed by atoms with E-state index in [0.29, 0.717) is 11.6 Å². The minimum absolute atomic E-state index is 0.165. The number of nitrogens with zero attached hydrogens (tertiary/aromatic N) is 5. The monoisotopic (exact) mass is 288 g/mol. The van der Waals surface area contributed by atoms with E-state index in [1.165, 1.54) is 6.33 Å². The van der Waals surface area contributed by atoms with Crippen LogP contribution in [0, 0.1) is 0 Å². The zero-order valence-electron chi connectivity index (χ0n) is 12.8. The van der Waals surface area contributed by atoms with Gasteiger partial charge in [-0.15, -0.1) is 0 Å². The molecule has 2 heterocycles. The third kappa shape index (κ3) is 3.84. The molecule has 0 aromatic carbocycles. The number of amides is 1. The maximum atomic E-state index is 12.1. The van der Waals surface area contributed by atoms with Gasteiger partial charge in [0.2, 0.25) is 5.91 Å². The lowest BCUT2D eigenvalue weighted by Crippen LogP contribution is -2.18. The summed E-state index contributed by atoms with van der Waals surface area (Å²) in [6, 6.07) is 1.77. The van der Waals surface area contributed by atoms with E-state index in [2.05, 4.69) is 25.4 Å². The molecule has 2 rings (SSSR count). The number of carbonyl (C=O) groups is 1. The summed E-state index contributed by atoms with van der Waals surface area (Å²) >= 11 is 0. The Morgan fingerprint density at radius 3 is 2.76 bits per heavy atom. The predicted octanol–water partition coefficient (Wildman–Crippen LogP) is 1.47. The Morgan fingerprint density at radius 1 is 1.38 bits per heavy atom. The number of aromatic nitrogens is 5. The van der Waals surface area contributed by atoms with Gasteiger partial charge < -0.3 is 5.32 Å². The van der Waals surface area contributed by atoms with Gasteiger partial charge in [0.05, 0.1) is 6.42 Å². The van der Waals surface area contributed by atoms with Crippen LogP contribution in [0.1, 0.15) is 44.0 Å². The average Bonchev–Trinajstić information content (AvgIpc) is 2.80. The molecule has 0 saturated heterocycles. The van der Waals surface area contributed by atoms with Gasteiger partial charge in [0.25, 0.3) is 0 Å². The first kappa shape index (κ1) is 15.1. The van der Waals surface area contributed by atoms with Crippen molar-refractivity contribution in [1.82, 2.24) is 24.7 Å². The largest absolute Gasteiger partial charge is 0.310 e. The average molecular weight is 288 g/mol. The molecule has 112 valence electrons. The molecule has 1 N–H and O–H groups in total. The van der Waals surface area contributed by atoms with Gasteiger partial charge in [-0.25, -0.2) is 15.0 Å². The van der Waals surface area contributed by atoms with Crippen LogP contribution in [-0.4, -0.2) is 30.6 Å². The third-order valence-corrected chi connectivity index (χ3v) is 3.06. The van der Waals surface area contributed by atoms with Crippen LogP contribution in [0.5, 0.6) is 0 Å². The van der Waals surface area contributed by atoms with Crippen LogP contribution in [0.4, 0.5) is 5.82 Å². The highest BCUT2D eigenvalue weighted by molar-refractivity contribution is 5.90. The van der Waals surface area contributed by atoms with Gasteiger partial charge in [0, 0.05) is 24.7 Å². The van der Waals surface area contributed by atoms with Crippen LogP contribution in [0.25, 0.3) is 0 Å². The van der Waals surface area contributed by atoms with Crippen molar-refractivity contribution in [2.75, 3.05) is 5.32 Å². The van der Waals surface area contributed by atoms with Crippen molar-refractivity contribution in [3.8, 4) is 0 Å². The molecule has 0 aliphatic rings. The number of aryl methyl sites for hydroxylation is 2. The Kier molecular flexibility index (Phi) is 4.62. The first-order valence-corrected chi connectivity index (χ1v) is 7.00. The van der Waals surface area contributed by atoms with E-state index in [9.17, 15) is 4.79 Å². The van der Waals surface area contributed by atoms with Crippen molar-refractivity contribution < 1.29 is 4.79 Å². The minimum Gasteiger partial charge on any atom is -0.310 e. The van der Waals surface area contributed by atoms with Gasteiger partial charge in [0.1, 0.15) is 18.0 Å². The maximum absolute atomic E-state index is 12.1. The Morgan fingerprint density at radius 2 is 2.14 bits per heavy atom. The van der Waals surface area contributed by atoms with Crippen LogP contribution >= 0.6 is 0 Å². The second-order valence-corrected chi connectivity index (χ2v) is 5.14. The topological polar surface area (TPSA) is 85.6 Å². The van der Waals surface area contributed by atoms with Gasteiger partial charge in [-0.3, -0.25) is 9.48 Å². The predicted molar refractivity (Wildman–Crippen MR) is 78.8 cm³/mol. The number of hydrogen-bond acceptors (Lipinski definition) is 5. The van der Waals surface area contributed by atoms with Gasteiger partial charge in [-0.2, -0.15) is 5.10 Å². The molecule has 0 atom stereocenters. The van der Waals surface area contributed by atoms with E-state index < -0.39 is 0 Å². The molecular weight excluding hydrogens is 268 g/mol. The van der Waals surface area contributed by atoms with E-state index >= 15 is 0 Å². The molecule has 0 spiro atoms.